The molecular weight excluding hydrogens is 314 g/mol. The van der Waals surface area contributed by atoms with Gasteiger partial charge in [-0.1, -0.05) is 60.1 Å². The van der Waals surface area contributed by atoms with Gasteiger partial charge >= 0.3 is 0 Å². The predicted molar refractivity (Wildman–Crippen MR) is 100 cm³/mol. The standard InChI is InChI=1S/C22H14ClN/c23-16-8-9-18-15(12-16)10-11-24-22(18)20-7-3-6-19-17-5-2-1-4-14(17)13-21(19)20/h1-12H,13H2. The van der Waals surface area contributed by atoms with E-state index < -0.39 is 0 Å². The Labute approximate surface area is 145 Å². The molecule has 3 aromatic carbocycles. The van der Waals surface area contributed by atoms with E-state index in [0.717, 1.165) is 27.9 Å². The van der Waals surface area contributed by atoms with Crippen molar-refractivity contribution in [1.29, 1.82) is 0 Å². The number of rotatable bonds is 1. The molecule has 0 saturated heterocycles. The molecule has 114 valence electrons. The van der Waals surface area contributed by atoms with E-state index in [1.807, 2.05) is 24.4 Å². The number of halogens is 1. The minimum Gasteiger partial charge on any atom is -0.256 e. The lowest BCUT2D eigenvalue weighted by Gasteiger charge is -2.11. The highest BCUT2D eigenvalue weighted by atomic mass is 35.5. The van der Waals surface area contributed by atoms with Crippen LogP contribution in [0.1, 0.15) is 11.1 Å². The second kappa shape index (κ2) is 5.19. The van der Waals surface area contributed by atoms with Crippen LogP contribution < -0.4 is 0 Å². The summed E-state index contributed by atoms with van der Waals surface area (Å²) in [6, 6.07) is 23.2. The zero-order valence-electron chi connectivity index (χ0n) is 13.0. The monoisotopic (exact) mass is 327 g/mol. The third-order valence-corrected chi connectivity index (χ3v) is 5.07. The minimum absolute atomic E-state index is 0.755. The Bertz CT molecular complexity index is 1100. The van der Waals surface area contributed by atoms with Crippen molar-refractivity contribution in [2.75, 3.05) is 0 Å². The zero-order valence-corrected chi connectivity index (χ0v) is 13.7. The summed E-state index contributed by atoms with van der Waals surface area (Å²) in [6.07, 6.45) is 2.84. The van der Waals surface area contributed by atoms with Crippen LogP contribution in [0.3, 0.4) is 0 Å². The van der Waals surface area contributed by atoms with Crippen LogP contribution in [0.5, 0.6) is 0 Å². The average molecular weight is 328 g/mol. The van der Waals surface area contributed by atoms with E-state index in [9.17, 15) is 0 Å². The van der Waals surface area contributed by atoms with Gasteiger partial charge in [0.05, 0.1) is 5.69 Å². The van der Waals surface area contributed by atoms with E-state index in [-0.39, 0.29) is 0 Å². The van der Waals surface area contributed by atoms with Gasteiger partial charge in [-0.05, 0) is 52.3 Å². The van der Waals surface area contributed by atoms with Gasteiger partial charge in [0.25, 0.3) is 0 Å². The first-order chi connectivity index (χ1) is 11.8. The van der Waals surface area contributed by atoms with Gasteiger partial charge in [0.1, 0.15) is 0 Å². The predicted octanol–water partition coefficient (Wildman–Crippen LogP) is 6.13. The second-order valence-electron chi connectivity index (χ2n) is 6.19. The molecule has 5 rings (SSSR count). The molecule has 1 aromatic heterocycles. The average Bonchev–Trinajstić information content (AvgIpc) is 3.00. The lowest BCUT2D eigenvalue weighted by molar-refractivity contribution is 1.25. The van der Waals surface area contributed by atoms with Crippen LogP contribution in [-0.4, -0.2) is 4.98 Å². The smallest absolute Gasteiger partial charge is 0.0783 e. The summed E-state index contributed by atoms with van der Waals surface area (Å²) < 4.78 is 0. The summed E-state index contributed by atoms with van der Waals surface area (Å²) in [5, 5.41) is 3.03. The number of hydrogen-bond acceptors (Lipinski definition) is 1. The molecule has 1 aliphatic carbocycles. The summed E-state index contributed by atoms with van der Waals surface area (Å²) in [5.74, 6) is 0. The Balaban J connectivity index is 1.79. The maximum Gasteiger partial charge on any atom is 0.0783 e. The van der Waals surface area contributed by atoms with Crippen molar-refractivity contribution < 1.29 is 0 Å². The van der Waals surface area contributed by atoms with Gasteiger partial charge in [0.2, 0.25) is 0 Å². The van der Waals surface area contributed by atoms with Crippen molar-refractivity contribution in [3.8, 4) is 22.4 Å². The van der Waals surface area contributed by atoms with Crippen LogP contribution in [0.4, 0.5) is 0 Å². The Morgan fingerprint density at radius 1 is 0.792 bits per heavy atom. The lowest BCUT2D eigenvalue weighted by Crippen LogP contribution is -1.92. The molecule has 0 saturated carbocycles. The first-order valence-electron chi connectivity index (χ1n) is 8.06. The maximum absolute atomic E-state index is 6.15. The van der Waals surface area contributed by atoms with Gasteiger partial charge in [-0.15, -0.1) is 0 Å². The molecule has 0 spiro atoms. The number of benzene rings is 3. The lowest BCUT2D eigenvalue weighted by atomic mass is 9.96. The SMILES string of the molecule is Clc1ccc2c(-c3cccc4c3Cc3ccccc3-4)nccc2c1. The van der Waals surface area contributed by atoms with Gasteiger partial charge in [-0.25, -0.2) is 0 Å². The largest absolute Gasteiger partial charge is 0.256 e. The van der Waals surface area contributed by atoms with Gasteiger partial charge < -0.3 is 0 Å². The van der Waals surface area contributed by atoms with Crippen LogP contribution in [0.25, 0.3) is 33.2 Å². The fourth-order valence-corrected chi connectivity index (χ4v) is 3.92. The van der Waals surface area contributed by atoms with E-state index in [1.165, 1.54) is 27.8 Å². The quantitative estimate of drug-likeness (QED) is 0.361. The van der Waals surface area contributed by atoms with Crippen molar-refractivity contribution >= 4 is 22.4 Å². The number of pyridine rings is 1. The molecular formula is C22H14ClN. The molecule has 0 fully saturated rings. The Kier molecular flexibility index (Phi) is 2.97. The van der Waals surface area contributed by atoms with Crippen molar-refractivity contribution in [1.82, 2.24) is 4.98 Å². The molecule has 0 amide bonds. The van der Waals surface area contributed by atoms with E-state index >= 15 is 0 Å². The Morgan fingerprint density at radius 3 is 2.58 bits per heavy atom. The number of nitrogens with zero attached hydrogens (tertiary/aromatic N) is 1. The molecule has 0 atom stereocenters. The highest BCUT2D eigenvalue weighted by molar-refractivity contribution is 6.31. The van der Waals surface area contributed by atoms with Crippen molar-refractivity contribution in [3.05, 3.63) is 89.1 Å². The first-order valence-corrected chi connectivity index (χ1v) is 8.44. The van der Waals surface area contributed by atoms with Crippen molar-refractivity contribution in [3.63, 3.8) is 0 Å². The fraction of sp³-hybridized carbons (Fsp3) is 0.0455. The number of aromatic nitrogens is 1. The molecule has 0 radical (unpaired) electrons. The highest BCUT2D eigenvalue weighted by Crippen LogP contribution is 2.42. The van der Waals surface area contributed by atoms with Gasteiger partial charge in [-0.3, -0.25) is 4.98 Å². The van der Waals surface area contributed by atoms with Crippen molar-refractivity contribution in [2.45, 2.75) is 6.42 Å². The zero-order chi connectivity index (χ0) is 16.1. The maximum atomic E-state index is 6.15. The van der Waals surface area contributed by atoms with Crippen molar-refractivity contribution in [2.24, 2.45) is 0 Å². The topological polar surface area (TPSA) is 12.9 Å². The van der Waals surface area contributed by atoms with E-state index in [4.69, 9.17) is 16.6 Å². The second-order valence-corrected chi connectivity index (χ2v) is 6.63. The van der Waals surface area contributed by atoms with Gasteiger partial charge in [0.15, 0.2) is 0 Å². The summed E-state index contributed by atoms with van der Waals surface area (Å²) >= 11 is 6.15. The first kappa shape index (κ1) is 13.8. The molecule has 4 aromatic rings. The summed E-state index contributed by atoms with van der Waals surface area (Å²) in [6.45, 7) is 0. The summed E-state index contributed by atoms with van der Waals surface area (Å²) in [7, 11) is 0. The van der Waals surface area contributed by atoms with Crippen LogP contribution in [-0.2, 0) is 6.42 Å². The fourth-order valence-electron chi connectivity index (χ4n) is 3.74. The van der Waals surface area contributed by atoms with Crippen LogP contribution in [0.15, 0.2) is 72.9 Å². The molecule has 0 aliphatic heterocycles. The normalized spacial score (nSPS) is 12.2. The van der Waals surface area contributed by atoms with E-state index in [2.05, 4.69) is 48.5 Å². The molecule has 0 bridgehead atoms. The third kappa shape index (κ3) is 1.98. The van der Waals surface area contributed by atoms with Crippen LogP contribution in [0.2, 0.25) is 5.02 Å². The third-order valence-electron chi connectivity index (χ3n) is 4.83. The van der Waals surface area contributed by atoms with Crippen LogP contribution in [0, 0.1) is 0 Å². The van der Waals surface area contributed by atoms with Gasteiger partial charge in [-0.2, -0.15) is 0 Å². The van der Waals surface area contributed by atoms with E-state index in [1.54, 1.807) is 0 Å². The Morgan fingerprint density at radius 2 is 1.62 bits per heavy atom. The molecule has 1 aliphatic rings. The van der Waals surface area contributed by atoms with E-state index in [0.29, 0.717) is 0 Å². The summed E-state index contributed by atoms with van der Waals surface area (Å²) in [5.41, 5.74) is 7.69. The minimum atomic E-state index is 0.755. The molecule has 0 N–H and O–H groups in total. The molecule has 1 nitrogen and oxygen atoms in total. The molecule has 24 heavy (non-hydrogen) atoms. The molecule has 1 heterocycles. The number of fused-ring (bicyclic) bond motifs is 4. The molecule has 0 unspecified atom stereocenters. The molecule has 2 heteroatoms. The summed E-state index contributed by atoms with van der Waals surface area (Å²) in [4.78, 5) is 4.70. The van der Waals surface area contributed by atoms with Gasteiger partial charge in [0, 0.05) is 22.2 Å². The highest BCUT2D eigenvalue weighted by Gasteiger charge is 2.22. The Hall–Kier alpha value is -2.64. The van der Waals surface area contributed by atoms with Crippen LogP contribution >= 0.6 is 11.6 Å². The number of hydrogen-bond donors (Lipinski definition) is 0.